The number of nitro benzene ring substituents is 1. The van der Waals surface area contributed by atoms with Gasteiger partial charge >= 0.3 is 0 Å². The standard InChI is InChI=1S/C20H17N3O3S2/c1-21(2)15-8-6-14(7-9-15)4-3-5-18-19(24)22(20(27)28-18)16-10-12-17(13-11-16)23(25)26/h3-13H,1-2H3/b4-3+,18-5+. The smallest absolute Gasteiger partial charge is 0.270 e. The summed E-state index contributed by atoms with van der Waals surface area (Å²) in [6, 6.07) is 13.8. The van der Waals surface area contributed by atoms with Crippen molar-refractivity contribution in [1.29, 1.82) is 0 Å². The van der Waals surface area contributed by atoms with E-state index in [9.17, 15) is 14.9 Å². The fourth-order valence-electron chi connectivity index (χ4n) is 2.56. The van der Waals surface area contributed by atoms with Crippen LogP contribution in [0.3, 0.4) is 0 Å². The third-order valence-corrected chi connectivity index (χ3v) is 5.38. The number of carbonyl (C=O) groups is 1. The van der Waals surface area contributed by atoms with Crippen LogP contribution in [-0.4, -0.2) is 29.2 Å². The topological polar surface area (TPSA) is 66.7 Å². The van der Waals surface area contributed by atoms with Crippen molar-refractivity contribution in [3.8, 4) is 0 Å². The van der Waals surface area contributed by atoms with Crippen LogP contribution in [-0.2, 0) is 4.79 Å². The second-order valence-corrected chi connectivity index (χ2v) is 7.83. The van der Waals surface area contributed by atoms with Gasteiger partial charge in [-0.15, -0.1) is 0 Å². The van der Waals surface area contributed by atoms with Gasteiger partial charge in [0, 0.05) is 31.9 Å². The van der Waals surface area contributed by atoms with Gasteiger partial charge in [-0.2, -0.15) is 0 Å². The highest BCUT2D eigenvalue weighted by Crippen LogP contribution is 2.35. The van der Waals surface area contributed by atoms with E-state index in [1.165, 1.54) is 40.9 Å². The van der Waals surface area contributed by atoms with Gasteiger partial charge in [0.1, 0.15) is 0 Å². The van der Waals surface area contributed by atoms with Gasteiger partial charge in [0.15, 0.2) is 4.32 Å². The van der Waals surface area contributed by atoms with Crippen LogP contribution in [0.15, 0.2) is 65.6 Å². The van der Waals surface area contributed by atoms with Crippen LogP contribution in [0.4, 0.5) is 17.1 Å². The molecule has 3 rings (SSSR count). The number of carbonyl (C=O) groups excluding carboxylic acids is 1. The van der Waals surface area contributed by atoms with Gasteiger partial charge in [-0.1, -0.05) is 48.3 Å². The summed E-state index contributed by atoms with van der Waals surface area (Å²) in [6.07, 6.45) is 5.45. The first-order chi connectivity index (χ1) is 13.4. The number of benzene rings is 2. The molecule has 1 saturated heterocycles. The Labute approximate surface area is 172 Å². The molecule has 1 aliphatic heterocycles. The molecule has 0 atom stereocenters. The molecule has 0 aliphatic carbocycles. The average Bonchev–Trinajstić information content (AvgIpc) is 2.95. The fourth-order valence-corrected chi connectivity index (χ4v) is 3.81. The molecule has 0 spiro atoms. The Morgan fingerprint density at radius 3 is 2.32 bits per heavy atom. The number of hydrogen-bond donors (Lipinski definition) is 0. The molecular formula is C20H17N3O3S2. The van der Waals surface area contributed by atoms with Gasteiger partial charge in [-0.3, -0.25) is 19.8 Å². The van der Waals surface area contributed by atoms with E-state index in [0.717, 1.165) is 11.3 Å². The molecule has 2 aromatic rings. The molecule has 8 heteroatoms. The number of thiocarbonyl (C=S) groups is 1. The lowest BCUT2D eigenvalue weighted by molar-refractivity contribution is -0.384. The number of amides is 1. The average molecular weight is 412 g/mol. The van der Waals surface area contributed by atoms with E-state index >= 15 is 0 Å². The Morgan fingerprint density at radius 1 is 1.11 bits per heavy atom. The maximum atomic E-state index is 12.7. The number of hydrogen-bond acceptors (Lipinski definition) is 6. The van der Waals surface area contributed by atoms with Crippen molar-refractivity contribution < 1.29 is 9.72 Å². The predicted octanol–water partition coefficient (Wildman–Crippen LogP) is 4.62. The van der Waals surface area contributed by atoms with E-state index in [1.807, 2.05) is 55.4 Å². The third-order valence-electron chi connectivity index (χ3n) is 4.06. The highest BCUT2D eigenvalue weighted by molar-refractivity contribution is 8.27. The lowest BCUT2D eigenvalue weighted by atomic mass is 10.2. The summed E-state index contributed by atoms with van der Waals surface area (Å²) in [4.78, 5) is 26.9. The molecule has 0 bridgehead atoms. The van der Waals surface area contributed by atoms with Crippen molar-refractivity contribution in [2.75, 3.05) is 23.9 Å². The SMILES string of the molecule is CN(C)c1ccc(/C=C/C=C2/SC(=S)N(c3ccc([N+](=O)[O-])cc3)C2=O)cc1. The van der Waals surface area contributed by atoms with E-state index in [4.69, 9.17) is 12.2 Å². The monoisotopic (exact) mass is 411 g/mol. The lowest BCUT2D eigenvalue weighted by Gasteiger charge is -2.13. The van der Waals surface area contributed by atoms with Gasteiger partial charge in [0.25, 0.3) is 11.6 Å². The van der Waals surface area contributed by atoms with E-state index in [0.29, 0.717) is 14.9 Å². The Hall–Kier alpha value is -2.97. The van der Waals surface area contributed by atoms with Gasteiger partial charge in [0.2, 0.25) is 0 Å². The Bertz CT molecular complexity index is 981. The van der Waals surface area contributed by atoms with E-state index < -0.39 is 4.92 Å². The Balaban J connectivity index is 1.74. The number of nitro groups is 1. The molecule has 1 amide bonds. The largest absolute Gasteiger partial charge is 0.378 e. The number of non-ortho nitro benzene ring substituents is 1. The molecule has 0 radical (unpaired) electrons. The van der Waals surface area contributed by atoms with Crippen LogP contribution < -0.4 is 9.80 Å². The summed E-state index contributed by atoms with van der Waals surface area (Å²) in [7, 11) is 3.97. The van der Waals surface area contributed by atoms with Crippen LogP contribution in [0.2, 0.25) is 0 Å². The molecule has 0 unspecified atom stereocenters. The molecular weight excluding hydrogens is 394 g/mol. The maximum absolute atomic E-state index is 12.7. The highest BCUT2D eigenvalue weighted by atomic mass is 32.2. The summed E-state index contributed by atoms with van der Waals surface area (Å²) >= 11 is 6.51. The molecule has 0 saturated carbocycles. The molecule has 1 heterocycles. The first kappa shape index (κ1) is 19.8. The van der Waals surface area contributed by atoms with Crippen LogP contribution >= 0.6 is 24.0 Å². The number of anilines is 2. The highest BCUT2D eigenvalue weighted by Gasteiger charge is 2.33. The minimum atomic E-state index is -0.482. The summed E-state index contributed by atoms with van der Waals surface area (Å²) in [6.45, 7) is 0. The fraction of sp³-hybridized carbons (Fsp3) is 0.100. The first-order valence-electron chi connectivity index (χ1n) is 8.33. The summed E-state index contributed by atoms with van der Waals surface area (Å²) in [5.74, 6) is -0.239. The lowest BCUT2D eigenvalue weighted by Crippen LogP contribution is -2.27. The number of thioether (sulfide) groups is 1. The van der Waals surface area contributed by atoms with Crippen LogP contribution in [0, 0.1) is 10.1 Å². The second-order valence-electron chi connectivity index (χ2n) is 6.16. The van der Waals surface area contributed by atoms with Gasteiger partial charge in [-0.05, 0) is 35.9 Å². The normalized spacial score (nSPS) is 15.6. The Kier molecular flexibility index (Phi) is 5.91. The predicted molar refractivity (Wildman–Crippen MR) is 119 cm³/mol. The quantitative estimate of drug-likeness (QED) is 0.309. The van der Waals surface area contributed by atoms with Gasteiger partial charge in [0.05, 0.1) is 15.5 Å². The van der Waals surface area contributed by atoms with Crippen molar-refractivity contribution in [1.82, 2.24) is 0 Å². The summed E-state index contributed by atoms with van der Waals surface area (Å²) in [5.41, 5.74) is 2.61. The molecule has 28 heavy (non-hydrogen) atoms. The zero-order valence-electron chi connectivity index (χ0n) is 15.2. The third kappa shape index (κ3) is 4.29. The zero-order valence-corrected chi connectivity index (χ0v) is 16.9. The second kappa shape index (κ2) is 8.37. The summed E-state index contributed by atoms with van der Waals surface area (Å²) in [5, 5.41) is 10.8. The molecule has 0 N–H and O–H groups in total. The Morgan fingerprint density at radius 2 is 1.75 bits per heavy atom. The molecule has 142 valence electrons. The summed E-state index contributed by atoms with van der Waals surface area (Å²) < 4.78 is 0.397. The molecule has 1 aliphatic rings. The van der Waals surface area contributed by atoms with E-state index in [1.54, 1.807) is 6.08 Å². The van der Waals surface area contributed by atoms with Crippen LogP contribution in [0.5, 0.6) is 0 Å². The molecule has 0 aromatic heterocycles. The number of rotatable bonds is 5. The minimum absolute atomic E-state index is 0.0343. The van der Waals surface area contributed by atoms with Crippen LogP contribution in [0.1, 0.15) is 5.56 Å². The molecule has 1 fully saturated rings. The molecule has 6 nitrogen and oxygen atoms in total. The zero-order chi connectivity index (χ0) is 20.3. The van der Waals surface area contributed by atoms with Crippen molar-refractivity contribution in [3.05, 3.63) is 81.3 Å². The van der Waals surface area contributed by atoms with Crippen LogP contribution in [0.25, 0.3) is 6.08 Å². The van der Waals surface area contributed by atoms with Crippen molar-refractivity contribution in [2.45, 2.75) is 0 Å². The van der Waals surface area contributed by atoms with E-state index in [2.05, 4.69) is 0 Å². The first-order valence-corrected chi connectivity index (χ1v) is 9.56. The van der Waals surface area contributed by atoms with Gasteiger partial charge < -0.3 is 4.90 Å². The van der Waals surface area contributed by atoms with Gasteiger partial charge in [-0.25, -0.2) is 0 Å². The van der Waals surface area contributed by atoms with Crippen molar-refractivity contribution in [3.63, 3.8) is 0 Å². The molecule has 2 aromatic carbocycles. The van der Waals surface area contributed by atoms with E-state index in [-0.39, 0.29) is 11.6 Å². The minimum Gasteiger partial charge on any atom is -0.378 e. The number of allylic oxidation sites excluding steroid dienone is 2. The van der Waals surface area contributed by atoms with Crippen molar-refractivity contribution >= 4 is 57.3 Å². The maximum Gasteiger partial charge on any atom is 0.270 e. The number of nitrogens with zero attached hydrogens (tertiary/aromatic N) is 3. The van der Waals surface area contributed by atoms with Crippen molar-refractivity contribution in [2.24, 2.45) is 0 Å².